The van der Waals surface area contributed by atoms with Gasteiger partial charge in [0.25, 0.3) is 0 Å². The second kappa shape index (κ2) is 7.31. The van der Waals surface area contributed by atoms with E-state index in [0.29, 0.717) is 5.75 Å². The van der Waals surface area contributed by atoms with Gasteiger partial charge in [-0.05, 0) is 59.3 Å². The summed E-state index contributed by atoms with van der Waals surface area (Å²) in [6.45, 7) is 0. The Balaban J connectivity index is 2.22. The molecule has 1 fully saturated rings. The first-order valence-corrected chi connectivity index (χ1v) is 7.55. The molecule has 0 unspecified atom stereocenters. The predicted octanol–water partition coefficient (Wildman–Crippen LogP) is 2.39. The lowest BCUT2D eigenvalue weighted by Crippen LogP contribution is -2.21. The zero-order valence-corrected chi connectivity index (χ0v) is 13.5. The van der Waals surface area contributed by atoms with Crippen LogP contribution in [-0.4, -0.2) is 25.4 Å². The first kappa shape index (κ1) is 15.6. The van der Waals surface area contributed by atoms with E-state index in [-0.39, 0.29) is 12.1 Å². The minimum atomic E-state index is -0.0848. The van der Waals surface area contributed by atoms with Gasteiger partial charge in [-0.2, -0.15) is 5.10 Å². The topological polar surface area (TPSA) is 95.2 Å². The van der Waals surface area contributed by atoms with Crippen molar-refractivity contribution in [2.75, 3.05) is 7.11 Å². The summed E-state index contributed by atoms with van der Waals surface area (Å²) >= 11 is 3.52. The molecule has 0 atom stereocenters. The van der Waals surface area contributed by atoms with E-state index in [9.17, 15) is 0 Å². The molecule has 1 aliphatic rings. The van der Waals surface area contributed by atoms with Gasteiger partial charge in [0.15, 0.2) is 11.5 Å². The highest BCUT2D eigenvalue weighted by atomic mass is 79.9. The maximum atomic E-state index is 6.04. The van der Waals surface area contributed by atoms with E-state index in [1.54, 1.807) is 13.3 Å². The molecule has 0 saturated heterocycles. The van der Waals surface area contributed by atoms with E-state index < -0.39 is 0 Å². The van der Waals surface area contributed by atoms with Gasteiger partial charge >= 0.3 is 0 Å². The van der Waals surface area contributed by atoms with Gasteiger partial charge in [-0.25, -0.2) is 0 Å². The average Bonchev–Trinajstić information content (AvgIpc) is 2.94. The van der Waals surface area contributed by atoms with Crippen molar-refractivity contribution in [2.24, 2.45) is 21.7 Å². The molecule has 0 heterocycles. The number of ether oxygens (including phenoxy) is 2. The van der Waals surface area contributed by atoms with Crippen LogP contribution in [0.3, 0.4) is 0 Å². The van der Waals surface area contributed by atoms with Crippen molar-refractivity contribution >= 4 is 28.1 Å². The Kier molecular flexibility index (Phi) is 5.44. The van der Waals surface area contributed by atoms with Crippen LogP contribution in [0.5, 0.6) is 11.5 Å². The van der Waals surface area contributed by atoms with Crippen molar-refractivity contribution in [1.29, 1.82) is 0 Å². The minimum Gasteiger partial charge on any atom is -0.493 e. The highest BCUT2D eigenvalue weighted by molar-refractivity contribution is 9.10. The average molecular weight is 355 g/mol. The molecule has 0 aromatic heterocycles. The number of hydrogen-bond donors (Lipinski definition) is 2. The van der Waals surface area contributed by atoms with Crippen LogP contribution in [0, 0.1) is 0 Å². The van der Waals surface area contributed by atoms with Crippen molar-refractivity contribution in [3.05, 3.63) is 22.2 Å². The fraction of sp³-hybridized carbons (Fsp3) is 0.429. The quantitative estimate of drug-likeness (QED) is 0.482. The number of methoxy groups -OCH3 is 1. The molecule has 21 heavy (non-hydrogen) atoms. The molecule has 6 nitrogen and oxygen atoms in total. The molecular formula is C14H19BrN4O2. The van der Waals surface area contributed by atoms with Crippen LogP contribution in [-0.2, 0) is 0 Å². The molecule has 4 N–H and O–H groups in total. The second-order valence-electron chi connectivity index (χ2n) is 4.83. The number of hydrogen-bond acceptors (Lipinski definition) is 4. The summed E-state index contributed by atoms with van der Waals surface area (Å²) in [7, 11) is 1.61. The number of rotatable bonds is 5. The van der Waals surface area contributed by atoms with Crippen LogP contribution in [0.1, 0.15) is 31.2 Å². The summed E-state index contributed by atoms with van der Waals surface area (Å²) in [5.41, 5.74) is 11.2. The van der Waals surface area contributed by atoms with Crippen LogP contribution in [0.25, 0.3) is 0 Å². The molecule has 1 aliphatic carbocycles. The molecule has 0 aliphatic heterocycles. The zero-order chi connectivity index (χ0) is 15.2. The van der Waals surface area contributed by atoms with Gasteiger partial charge in [-0.15, -0.1) is 5.10 Å². The maximum absolute atomic E-state index is 6.04. The molecule has 1 saturated carbocycles. The third-order valence-corrected chi connectivity index (χ3v) is 3.81. The Bertz CT molecular complexity index is 550. The SMILES string of the molecule is COc1cc(C=NN=C(N)N)cc(Br)c1OC1CCCC1. The van der Waals surface area contributed by atoms with E-state index in [4.69, 9.17) is 20.9 Å². The molecule has 0 spiro atoms. The van der Waals surface area contributed by atoms with Gasteiger partial charge in [0.1, 0.15) is 0 Å². The van der Waals surface area contributed by atoms with Crippen LogP contribution in [0.15, 0.2) is 26.8 Å². The second-order valence-corrected chi connectivity index (χ2v) is 5.68. The molecule has 2 rings (SSSR count). The van der Waals surface area contributed by atoms with E-state index >= 15 is 0 Å². The van der Waals surface area contributed by atoms with Gasteiger partial charge in [0.2, 0.25) is 5.96 Å². The summed E-state index contributed by atoms with van der Waals surface area (Å²) in [5, 5.41) is 7.35. The molecule has 114 valence electrons. The number of benzene rings is 1. The van der Waals surface area contributed by atoms with Gasteiger partial charge in [-0.3, -0.25) is 0 Å². The van der Waals surface area contributed by atoms with E-state index in [1.165, 1.54) is 12.8 Å². The van der Waals surface area contributed by atoms with Crippen LogP contribution >= 0.6 is 15.9 Å². The van der Waals surface area contributed by atoms with Gasteiger partial charge in [0.05, 0.1) is 23.9 Å². The number of nitrogens with zero attached hydrogens (tertiary/aromatic N) is 2. The monoisotopic (exact) mass is 354 g/mol. The summed E-state index contributed by atoms with van der Waals surface area (Å²) in [5.74, 6) is 1.30. The number of guanidine groups is 1. The first-order valence-electron chi connectivity index (χ1n) is 6.76. The van der Waals surface area contributed by atoms with Crippen molar-refractivity contribution in [2.45, 2.75) is 31.8 Å². The minimum absolute atomic E-state index is 0.0848. The largest absolute Gasteiger partial charge is 0.493 e. The fourth-order valence-electron chi connectivity index (χ4n) is 2.26. The molecule has 7 heteroatoms. The summed E-state index contributed by atoms with van der Waals surface area (Å²) in [6, 6.07) is 3.72. The first-order chi connectivity index (χ1) is 10.1. The van der Waals surface area contributed by atoms with Gasteiger partial charge in [-0.1, -0.05) is 0 Å². The van der Waals surface area contributed by atoms with Crippen molar-refractivity contribution in [3.63, 3.8) is 0 Å². The maximum Gasteiger partial charge on any atom is 0.211 e. The molecule has 1 aromatic rings. The Morgan fingerprint density at radius 2 is 2.05 bits per heavy atom. The number of halogens is 1. The Morgan fingerprint density at radius 3 is 2.67 bits per heavy atom. The summed E-state index contributed by atoms with van der Waals surface area (Å²) in [6.07, 6.45) is 6.41. The molecule has 0 radical (unpaired) electrons. The smallest absolute Gasteiger partial charge is 0.211 e. The highest BCUT2D eigenvalue weighted by Gasteiger charge is 2.20. The van der Waals surface area contributed by atoms with E-state index in [0.717, 1.165) is 28.6 Å². The van der Waals surface area contributed by atoms with Crippen molar-refractivity contribution in [3.8, 4) is 11.5 Å². The Hall–Kier alpha value is -1.76. The third kappa shape index (κ3) is 4.35. The van der Waals surface area contributed by atoms with Crippen molar-refractivity contribution in [1.82, 2.24) is 0 Å². The van der Waals surface area contributed by atoms with Crippen LogP contribution < -0.4 is 20.9 Å². The zero-order valence-electron chi connectivity index (χ0n) is 11.9. The lowest BCUT2D eigenvalue weighted by molar-refractivity contribution is 0.199. The standard InChI is InChI=1S/C14H19BrN4O2/c1-20-12-7-9(8-18-19-14(16)17)6-11(15)13(12)21-10-4-2-3-5-10/h6-8,10H,2-5H2,1H3,(H4,16,17,19). The lowest BCUT2D eigenvalue weighted by atomic mass is 10.2. The molecular weight excluding hydrogens is 336 g/mol. The van der Waals surface area contributed by atoms with E-state index in [2.05, 4.69) is 26.1 Å². The lowest BCUT2D eigenvalue weighted by Gasteiger charge is -2.17. The van der Waals surface area contributed by atoms with Crippen LogP contribution in [0.2, 0.25) is 0 Å². The third-order valence-electron chi connectivity index (χ3n) is 3.22. The fourth-order valence-corrected chi connectivity index (χ4v) is 2.82. The summed E-state index contributed by atoms with van der Waals surface area (Å²) in [4.78, 5) is 0. The van der Waals surface area contributed by atoms with Crippen LogP contribution in [0.4, 0.5) is 0 Å². The molecule has 1 aromatic carbocycles. The highest BCUT2D eigenvalue weighted by Crippen LogP contribution is 2.38. The predicted molar refractivity (Wildman–Crippen MR) is 87.0 cm³/mol. The normalized spacial score (nSPS) is 15.3. The van der Waals surface area contributed by atoms with Gasteiger partial charge in [0, 0.05) is 0 Å². The molecule has 0 bridgehead atoms. The van der Waals surface area contributed by atoms with E-state index in [1.807, 2.05) is 12.1 Å². The van der Waals surface area contributed by atoms with Crippen molar-refractivity contribution < 1.29 is 9.47 Å². The Labute approximate surface area is 132 Å². The Morgan fingerprint density at radius 1 is 1.33 bits per heavy atom. The van der Waals surface area contributed by atoms with Gasteiger partial charge < -0.3 is 20.9 Å². The molecule has 0 amide bonds. The summed E-state index contributed by atoms with van der Waals surface area (Å²) < 4.78 is 12.3. The number of nitrogens with two attached hydrogens (primary N) is 2.